The van der Waals surface area contributed by atoms with Gasteiger partial charge in [-0.1, -0.05) is 30.0 Å². The second-order valence-corrected chi connectivity index (χ2v) is 11.3. The Morgan fingerprint density at radius 3 is 2.04 bits per heavy atom. The van der Waals surface area contributed by atoms with Crippen molar-refractivity contribution in [1.82, 2.24) is 14.7 Å². The lowest BCUT2D eigenvalue weighted by Crippen LogP contribution is -2.56. The highest BCUT2D eigenvalue weighted by molar-refractivity contribution is 5.95. The van der Waals surface area contributed by atoms with Gasteiger partial charge in [-0.2, -0.15) is 26.3 Å². The van der Waals surface area contributed by atoms with Crippen LogP contribution in [0.4, 0.5) is 26.3 Å². The number of aryl methyl sites for hydroxylation is 2. The molecule has 46 heavy (non-hydrogen) atoms. The maximum atomic E-state index is 13.6. The van der Waals surface area contributed by atoms with Crippen LogP contribution in [0.3, 0.4) is 0 Å². The zero-order valence-electron chi connectivity index (χ0n) is 25.8. The number of carbonyl (C=O) groups excluding carboxylic acids is 1. The Morgan fingerprint density at radius 1 is 0.870 bits per heavy atom. The summed E-state index contributed by atoms with van der Waals surface area (Å²) in [5.41, 5.74) is -0.611. The molecule has 0 aromatic heterocycles. The van der Waals surface area contributed by atoms with Crippen molar-refractivity contribution in [3.05, 3.63) is 69.8 Å². The van der Waals surface area contributed by atoms with E-state index in [0.717, 1.165) is 23.2 Å². The minimum Gasteiger partial charge on any atom is -0.382 e. The van der Waals surface area contributed by atoms with Crippen molar-refractivity contribution in [1.29, 1.82) is 0 Å². The number of hydrogen-bond donors (Lipinski definition) is 0. The van der Waals surface area contributed by atoms with Gasteiger partial charge in [0.15, 0.2) is 0 Å². The quantitative estimate of drug-likeness (QED) is 0.266. The van der Waals surface area contributed by atoms with E-state index in [9.17, 15) is 31.1 Å². The number of hydrogen-bond acceptors (Lipinski definition) is 5. The molecule has 0 aliphatic carbocycles. The zero-order valence-corrected chi connectivity index (χ0v) is 27.5. The minimum atomic E-state index is -5.04. The van der Waals surface area contributed by atoms with E-state index >= 15 is 0 Å². The van der Waals surface area contributed by atoms with Crippen molar-refractivity contribution in [2.45, 2.75) is 44.8 Å². The number of morpholine rings is 1. The first kappa shape index (κ1) is 39.6. The van der Waals surface area contributed by atoms with Gasteiger partial charge in [0.25, 0.3) is 5.91 Å². The van der Waals surface area contributed by atoms with Gasteiger partial charge in [0.2, 0.25) is 0 Å². The number of alkyl halides is 6. The molecule has 2 aliphatic heterocycles. The molecule has 2 saturated heterocycles. The molecule has 0 spiro atoms. The standard InChI is InChI=1S/C32H37F6N3O3.2ClH/c1-22-6-7-24(14-23(22)2)15-28-19-39(8-4-5-9-40-12-13-44-29(20-40)21-43-3)10-11-41(28)30(42)25-16-26(31(33,34)35)18-27(17-25)32(36,37)38;;/h6-7,14,16-18,28-29H,8-13,15,19-21H2,1-3H3;2*1H/t28-,29-;;/m1../s1. The Labute approximate surface area is 278 Å². The third kappa shape index (κ3) is 10.8. The fourth-order valence-corrected chi connectivity index (χ4v) is 5.50. The van der Waals surface area contributed by atoms with Gasteiger partial charge in [0, 0.05) is 51.4 Å². The summed E-state index contributed by atoms with van der Waals surface area (Å²) in [6.07, 6.45) is -9.70. The van der Waals surface area contributed by atoms with E-state index in [4.69, 9.17) is 9.47 Å². The van der Waals surface area contributed by atoms with Crippen molar-refractivity contribution in [2.75, 3.05) is 66.1 Å². The normalized spacial score (nSPS) is 19.5. The second kappa shape index (κ2) is 17.0. The average molecular weight is 699 g/mol. The average Bonchev–Trinajstić information content (AvgIpc) is 2.96. The lowest BCUT2D eigenvalue weighted by atomic mass is 9.97. The number of carbonyl (C=O) groups is 1. The van der Waals surface area contributed by atoms with Gasteiger partial charge in [-0.3, -0.25) is 14.6 Å². The Bertz CT molecular complexity index is 1350. The number of piperazine rings is 1. The highest BCUT2D eigenvalue weighted by Crippen LogP contribution is 2.37. The largest absolute Gasteiger partial charge is 0.416 e. The van der Waals surface area contributed by atoms with E-state index < -0.39 is 41.0 Å². The Hall–Kier alpha value is -2.53. The van der Waals surface area contributed by atoms with Crippen LogP contribution in [0.15, 0.2) is 36.4 Å². The Morgan fingerprint density at radius 2 is 1.48 bits per heavy atom. The third-order valence-electron chi connectivity index (χ3n) is 8.01. The second-order valence-electron chi connectivity index (χ2n) is 11.3. The van der Waals surface area contributed by atoms with E-state index in [1.165, 1.54) is 4.90 Å². The van der Waals surface area contributed by atoms with Crippen molar-refractivity contribution >= 4 is 30.7 Å². The fraction of sp³-hybridized carbons (Fsp3) is 0.531. The number of rotatable bonds is 7. The van der Waals surface area contributed by atoms with Crippen molar-refractivity contribution in [3.63, 3.8) is 0 Å². The van der Waals surface area contributed by atoms with Gasteiger partial charge < -0.3 is 14.4 Å². The van der Waals surface area contributed by atoms with Gasteiger partial charge >= 0.3 is 12.4 Å². The monoisotopic (exact) mass is 697 g/mol. The lowest BCUT2D eigenvalue weighted by molar-refractivity contribution is -0.143. The van der Waals surface area contributed by atoms with E-state index in [0.29, 0.717) is 64.5 Å². The molecular formula is C32H39Cl2F6N3O3. The minimum absolute atomic E-state index is 0. The molecule has 2 atom stereocenters. The molecule has 6 nitrogen and oxygen atoms in total. The van der Waals surface area contributed by atoms with Gasteiger partial charge in [0.05, 0.1) is 43.5 Å². The molecular weight excluding hydrogens is 659 g/mol. The van der Waals surface area contributed by atoms with E-state index in [2.05, 4.69) is 21.6 Å². The van der Waals surface area contributed by atoms with Crippen LogP contribution < -0.4 is 0 Å². The molecule has 2 aromatic rings. The molecule has 0 saturated carbocycles. The molecule has 0 unspecified atom stereocenters. The van der Waals surface area contributed by atoms with Gasteiger partial charge in [-0.05, 0) is 55.2 Å². The van der Waals surface area contributed by atoms with Crippen LogP contribution in [0.1, 0.15) is 38.2 Å². The molecule has 2 aliphatic rings. The molecule has 14 heteroatoms. The molecule has 2 fully saturated rings. The van der Waals surface area contributed by atoms with Crippen molar-refractivity contribution < 1.29 is 40.6 Å². The Kier molecular flexibility index (Phi) is 14.7. The molecule has 2 heterocycles. The number of amides is 1. The predicted octanol–water partition coefficient (Wildman–Crippen LogP) is 5.90. The summed E-state index contributed by atoms with van der Waals surface area (Å²) in [5, 5.41) is 0. The van der Waals surface area contributed by atoms with Crippen LogP contribution in [-0.4, -0.2) is 98.9 Å². The van der Waals surface area contributed by atoms with Crippen LogP contribution in [-0.2, 0) is 28.2 Å². The molecule has 1 amide bonds. The Balaban J connectivity index is 0.00000368. The topological polar surface area (TPSA) is 45.2 Å². The zero-order chi connectivity index (χ0) is 32.1. The van der Waals surface area contributed by atoms with Crippen LogP contribution in [0, 0.1) is 25.7 Å². The highest BCUT2D eigenvalue weighted by Gasteiger charge is 2.39. The molecule has 0 N–H and O–H groups in total. The van der Waals surface area contributed by atoms with Crippen LogP contribution >= 0.6 is 24.8 Å². The maximum absolute atomic E-state index is 13.6. The molecule has 2 aromatic carbocycles. The molecule has 0 bridgehead atoms. The summed E-state index contributed by atoms with van der Waals surface area (Å²) in [6.45, 7) is 8.36. The summed E-state index contributed by atoms with van der Waals surface area (Å²) < 4.78 is 92.0. The molecule has 256 valence electrons. The first-order chi connectivity index (χ1) is 20.7. The van der Waals surface area contributed by atoms with Crippen molar-refractivity contribution in [2.24, 2.45) is 0 Å². The van der Waals surface area contributed by atoms with Crippen LogP contribution in [0.2, 0.25) is 0 Å². The van der Waals surface area contributed by atoms with Gasteiger partial charge in [-0.15, -0.1) is 24.8 Å². The van der Waals surface area contributed by atoms with E-state index in [1.54, 1.807) is 7.11 Å². The van der Waals surface area contributed by atoms with Gasteiger partial charge in [-0.25, -0.2) is 0 Å². The third-order valence-corrected chi connectivity index (χ3v) is 8.01. The molecule has 0 radical (unpaired) electrons. The van der Waals surface area contributed by atoms with Crippen LogP contribution in [0.25, 0.3) is 0 Å². The summed E-state index contributed by atoms with van der Waals surface area (Å²) in [4.78, 5) is 19.3. The summed E-state index contributed by atoms with van der Waals surface area (Å²) in [6, 6.07) is 6.43. The number of ether oxygens (including phenoxy) is 2. The first-order valence-electron chi connectivity index (χ1n) is 14.4. The number of methoxy groups -OCH3 is 1. The smallest absolute Gasteiger partial charge is 0.382 e. The van der Waals surface area contributed by atoms with Crippen molar-refractivity contribution in [3.8, 4) is 11.8 Å². The number of halogens is 8. The van der Waals surface area contributed by atoms with E-state index in [1.807, 2.05) is 32.0 Å². The summed E-state index contributed by atoms with van der Waals surface area (Å²) in [5.74, 6) is 5.51. The number of benzene rings is 2. The predicted molar refractivity (Wildman–Crippen MR) is 168 cm³/mol. The summed E-state index contributed by atoms with van der Waals surface area (Å²) in [7, 11) is 1.63. The van der Waals surface area contributed by atoms with Gasteiger partial charge in [0.1, 0.15) is 0 Å². The SMILES string of the molecule is COC[C@H]1CN(CC#CCN2CCN(C(=O)c3cc(C(F)(F)F)cc(C(F)(F)F)c3)[C@H](Cc3ccc(C)c(C)c3)C2)CCO1.Cl.Cl. The lowest BCUT2D eigenvalue weighted by Gasteiger charge is -2.41. The fourth-order valence-electron chi connectivity index (χ4n) is 5.50. The van der Waals surface area contributed by atoms with E-state index in [-0.39, 0.29) is 43.5 Å². The number of nitrogens with zero attached hydrogens (tertiary/aromatic N) is 3. The highest BCUT2D eigenvalue weighted by atomic mass is 35.5. The maximum Gasteiger partial charge on any atom is 0.416 e. The molecule has 4 rings (SSSR count). The first-order valence-corrected chi connectivity index (χ1v) is 14.4. The summed E-state index contributed by atoms with van der Waals surface area (Å²) >= 11 is 0. The van der Waals surface area contributed by atoms with Crippen LogP contribution in [0.5, 0.6) is 0 Å².